The summed E-state index contributed by atoms with van der Waals surface area (Å²) in [6.07, 6.45) is 53.7. The molecule has 0 aliphatic carbocycles. The summed E-state index contributed by atoms with van der Waals surface area (Å²) in [6, 6.07) is -0.732. The van der Waals surface area contributed by atoms with Crippen LogP contribution in [0, 0.1) is 0 Å². The lowest BCUT2D eigenvalue weighted by molar-refractivity contribution is -0.151. The Labute approximate surface area is 338 Å². The summed E-state index contributed by atoms with van der Waals surface area (Å²) in [5.74, 6) is -0.620. The molecule has 0 heterocycles. The number of hydrogen-bond acceptors (Lipinski definition) is 5. The van der Waals surface area contributed by atoms with Crippen molar-refractivity contribution in [1.29, 1.82) is 0 Å². The van der Waals surface area contributed by atoms with Gasteiger partial charge in [0.15, 0.2) is 0 Å². The van der Waals surface area contributed by atoms with Gasteiger partial charge in [0.1, 0.15) is 6.10 Å². The molecule has 0 aliphatic rings. The summed E-state index contributed by atoms with van der Waals surface area (Å²) in [4.78, 5) is 25.9. The Morgan fingerprint density at radius 2 is 1.00 bits per heavy atom. The highest BCUT2D eigenvalue weighted by atomic mass is 16.5. The number of unbranched alkanes of at least 4 members (excludes halogenated alkanes) is 17. The van der Waals surface area contributed by atoms with Gasteiger partial charge in [0.25, 0.3) is 0 Å². The van der Waals surface area contributed by atoms with E-state index in [4.69, 9.17) is 4.74 Å². The number of carbonyl (C=O) groups is 2. The second kappa shape index (κ2) is 42.2. The predicted molar refractivity (Wildman–Crippen MR) is 236 cm³/mol. The molecule has 6 heteroatoms. The van der Waals surface area contributed by atoms with Crippen LogP contribution in [0.1, 0.15) is 188 Å². The molecule has 0 radical (unpaired) electrons. The number of amides is 1. The van der Waals surface area contributed by atoms with Crippen molar-refractivity contribution in [3.05, 3.63) is 85.1 Å². The monoisotopic (exact) mass is 766 g/mol. The lowest BCUT2D eigenvalue weighted by atomic mass is 10.0. The van der Waals surface area contributed by atoms with Gasteiger partial charge in [-0.05, 0) is 57.8 Å². The second-order valence-corrected chi connectivity index (χ2v) is 14.9. The zero-order valence-corrected chi connectivity index (χ0v) is 35.5. The number of rotatable bonds is 38. The molecule has 0 rings (SSSR count). The fourth-order valence-electron chi connectivity index (χ4n) is 6.22. The molecule has 6 nitrogen and oxygen atoms in total. The lowest BCUT2D eigenvalue weighted by Crippen LogP contribution is -2.46. The maximum atomic E-state index is 13.1. The number of ether oxygens (including phenoxy) is 1. The highest BCUT2D eigenvalue weighted by Gasteiger charge is 2.23. The molecule has 0 aromatic heterocycles. The molecule has 3 unspecified atom stereocenters. The molecule has 0 aromatic rings. The largest absolute Gasteiger partial charge is 0.462 e. The van der Waals surface area contributed by atoms with Crippen LogP contribution in [-0.4, -0.2) is 46.9 Å². The molecule has 0 saturated carbocycles. The first-order chi connectivity index (χ1) is 27.0. The van der Waals surface area contributed by atoms with E-state index in [2.05, 4.69) is 56.5 Å². The summed E-state index contributed by atoms with van der Waals surface area (Å²) in [5, 5.41) is 23.5. The molecule has 0 saturated heterocycles. The third-order valence-electron chi connectivity index (χ3n) is 9.61. The number of esters is 1. The van der Waals surface area contributed by atoms with Gasteiger partial charge in [0.05, 0.1) is 25.2 Å². The van der Waals surface area contributed by atoms with Crippen LogP contribution < -0.4 is 5.32 Å². The van der Waals surface area contributed by atoms with E-state index in [1.165, 1.54) is 83.5 Å². The van der Waals surface area contributed by atoms with Crippen LogP contribution in [0.5, 0.6) is 0 Å². The van der Waals surface area contributed by atoms with Crippen molar-refractivity contribution in [2.24, 2.45) is 0 Å². The number of aliphatic hydroxyl groups excluding tert-OH is 2. The van der Waals surface area contributed by atoms with E-state index in [-0.39, 0.29) is 31.3 Å². The first kappa shape index (κ1) is 52.0. The Morgan fingerprint density at radius 3 is 1.55 bits per heavy atom. The summed E-state index contributed by atoms with van der Waals surface area (Å²) in [5.41, 5.74) is 0. The van der Waals surface area contributed by atoms with Gasteiger partial charge in [-0.1, -0.05) is 202 Å². The van der Waals surface area contributed by atoms with Gasteiger partial charge in [0.2, 0.25) is 5.91 Å². The number of aliphatic hydroxyl groups is 2. The molecule has 3 atom stereocenters. The van der Waals surface area contributed by atoms with E-state index in [0.29, 0.717) is 19.3 Å². The topological polar surface area (TPSA) is 95.9 Å². The highest BCUT2D eigenvalue weighted by Crippen LogP contribution is 2.15. The zero-order valence-electron chi connectivity index (χ0n) is 35.5. The third kappa shape index (κ3) is 37.7. The van der Waals surface area contributed by atoms with E-state index in [0.717, 1.165) is 51.4 Å². The summed E-state index contributed by atoms with van der Waals surface area (Å²) >= 11 is 0. The molecule has 0 fully saturated rings. The number of carbonyl (C=O) groups excluding carboxylic acids is 2. The molecule has 0 spiro atoms. The van der Waals surface area contributed by atoms with Gasteiger partial charge >= 0.3 is 5.97 Å². The van der Waals surface area contributed by atoms with E-state index in [1.54, 1.807) is 0 Å². The maximum absolute atomic E-state index is 13.1. The molecular formula is C49H83NO5. The molecule has 0 aliphatic heterocycles. The minimum absolute atomic E-state index is 0.0113. The van der Waals surface area contributed by atoms with Crippen LogP contribution in [0.4, 0.5) is 0 Å². The van der Waals surface area contributed by atoms with E-state index in [9.17, 15) is 19.8 Å². The van der Waals surface area contributed by atoms with E-state index < -0.39 is 18.2 Å². The Kier molecular flexibility index (Phi) is 39.9. The average Bonchev–Trinajstić information content (AvgIpc) is 3.18. The minimum atomic E-state index is -0.813. The molecule has 314 valence electrons. The van der Waals surface area contributed by atoms with Crippen LogP contribution in [0.15, 0.2) is 85.1 Å². The zero-order chi connectivity index (χ0) is 40.3. The van der Waals surface area contributed by atoms with Crippen molar-refractivity contribution in [2.75, 3.05) is 6.61 Å². The number of allylic oxidation sites excluding steroid dienone is 14. The van der Waals surface area contributed by atoms with Crippen LogP contribution in [0.2, 0.25) is 0 Å². The van der Waals surface area contributed by atoms with Gasteiger partial charge in [-0.2, -0.15) is 0 Å². The van der Waals surface area contributed by atoms with Crippen molar-refractivity contribution in [1.82, 2.24) is 5.32 Å². The predicted octanol–water partition coefficient (Wildman–Crippen LogP) is 12.8. The van der Waals surface area contributed by atoms with Crippen molar-refractivity contribution >= 4 is 11.9 Å². The summed E-state index contributed by atoms with van der Waals surface area (Å²) < 4.78 is 5.83. The van der Waals surface area contributed by atoms with Crippen LogP contribution in [0.3, 0.4) is 0 Å². The molecule has 0 aromatic carbocycles. The molecule has 1 amide bonds. The second-order valence-electron chi connectivity index (χ2n) is 14.9. The van der Waals surface area contributed by atoms with Gasteiger partial charge in [-0.3, -0.25) is 9.59 Å². The molecule has 0 bridgehead atoms. The molecule has 55 heavy (non-hydrogen) atoms. The summed E-state index contributed by atoms with van der Waals surface area (Å²) in [7, 11) is 0. The smallest absolute Gasteiger partial charge is 0.306 e. The highest BCUT2D eigenvalue weighted by molar-refractivity contribution is 5.77. The number of hydrogen-bond donors (Lipinski definition) is 3. The van der Waals surface area contributed by atoms with Gasteiger partial charge in [-0.25, -0.2) is 0 Å². The normalized spacial score (nSPS) is 14.2. The first-order valence-electron chi connectivity index (χ1n) is 22.4. The maximum Gasteiger partial charge on any atom is 0.306 e. The fourth-order valence-corrected chi connectivity index (χ4v) is 6.22. The number of nitrogens with one attached hydrogen (secondary N) is 1. The molecular weight excluding hydrogens is 683 g/mol. The minimum Gasteiger partial charge on any atom is -0.462 e. The SMILES string of the molecule is CC/C=C/C=C/C=C\C=C/C=C/CCCC(=O)OC(CCC/C=C/C=C/CCCCCCCCC)CC(=O)NC(CO)C(O)CCCCCCCCCCC. The third-order valence-corrected chi connectivity index (χ3v) is 9.61. The van der Waals surface area contributed by atoms with Crippen LogP contribution >= 0.6 is 0 Å². The van der Waals surface area contributed by atoms with Crippen molar-refractivity contribution in [3.63, 3.8) is 0 Å². The van der Waals surface area contributed by atoms with Gasteiger partial charge < -0.3 is 20.3 Å². The van der Waals surface area contributed by atoms with Gasteiger partial charge in [-0.15, -0.1) is 0 Å². The Morgan fingerprint density at radius 1 is 0.545 bits per heavy atom. The standard InChI is InChI=1S/C49H83NO5/c1-4-7-10-13-16-19-21-23-25-26-29-31-34-37-40-45(55-49(54)42-39-36-33-30-27-24-22-20-17-14-11-8-5-2)43-48(53)50-46(44-51)47(52)41-38-35-32-28-18-15-12-9-6-3/h8,11,14,17,20,22,24-27,29-31,33,45-47,51-52H,4-7,9-10,12-13,15-16,18-19,21,23,28,32,34-44H2,1-3H3,(H,50,53)/b11-8+,17-14+,22-20-,26-25+,27-24-,31-29+,33-30+. The fraction of sp³-hybridized carbons (Fsp3) is 0.673. The van der Waals surface area contributed by atoms with Crippen molar-refractivity contribution < 1.29 is 24.5 Å². The lowest BCUT2D eigenvalue weighted by Gasteiger charge is -2.24. The Hall–Kier alpha value is -2.96. The van der Waals surface area contributed by atoms with E-state index in [1.807, 2.05) is 54.7 Å². The first-order valence-corrected chi connectivity index (χ1v) is 22.4. The Balaban J connectivity index is 4.84. The average molecular weight is 766 g/mol. The summed E-state index contributed by atoms with van der Waals surface area (Å²) in [6.45, 7) is 6.25. The van der Waals surface area contributed by atoms with Crippen LogP contribution in [0.25, 0.3) is 0 Å². The van der Waals surface area contributed by atoms with Crippen LogP contribution in [-0.2, 0) is 14.3 Å². The molecule has 3 N–H and O–H groups in total. The van der Waals surface area contributed by atoms with Gasteiger partial charge in [0, 0.05) is 6.42 Å². The van der Waals surface area contributed by atoms with E-state index >= 15 is 0 Å². The van der Waals surface area contributed by atoms with Crippen molar-refractivity contribution in [3.8, 4) is 0 Å². The Bertz CT molecular complexity index is 1080. The quantitative estimate of drug-likeness (QED) is 0.0330. The van der Waals surface area contributed by atoms with Crippen molar-refractivity contribution in [2.45, 2.75) is 206 Å².